The zero-order valence-corrected chi connectivity index (χ0v) is 24.0. The van der Waals surface area contributed by atoms with E-state index in [0.29, 0.717) is 42.8 Å². The van der Waals surface area contributed by atoms with Gasteiger partial charge < -0.3 is 14.1 Å². The third kappa shape index (κ3) is 4.99. The van der Waals surface area contributed by atoms with Gasteiger partial charge in [-0.1, -0.05) is 87.5 Å². The third-order valence-corrected chi connectivity index (χ3v) is 12.8. The number of esters is 1. The van der Waals surface area contributed by atoms with Crippen LogP contribution in [0.2, 0.25) is 5.04 Å². The highest BCUT2D eigenvalue weighted by molar-refractivity contribution is 6.99. The van der Waals surface area contributed by atoms with Crippen LogP contribution in [0.4, 0.5) is 10.2 Å². The molecule has 3 aromatic carbocycles. The number of benzene rings is 3. The number of carbonyl (C=O) groups is 1. The molecule has 204 valence electrons. The van der Waals surface area contributed by atoms with Gasteiger partial charge in [-0.05, 0) is 40.9 Å². The predicted molar refractivity (Wildman–Crippen MR) is 155 cm³/mol. The molecule has 1 fully saturated rings. The number of aromatic amines is 1. The van der Waals surface area contributed by atoms with E-state index in [0.717, 1.165) is 10.4 Å². The molecule has 0 unspecified atom stereocenters. The van der Waals surface area contributed by atoms with Gasteiger partial charge >= 0.3 is 5.97 Å². The maximum absolute atomic E-state index is 14.9. The molecule has 5 rings (SSSR count). The van der Waals surface area contributed by atoms with Crippen LogP contribution in [0, 0.1) is 11.7 Å². The van der Waals surface area contributed by atoms with Crippen molar-refractivity contribution in [3.8, 4) is 0 Å². The maximum Gasteiger partial charge on any atom is 0.311 e. The van der Waals surface area contributed by atoms with Crippen LogP contribution in [0.15, 0.2) is 78.9 Å². The molecule has 4 aromatic rings. The first kappa shape index (κ1) is 27.1. The van der Waals surface area contributed by atoms with Crippen molar-refractivity contribution >= 4 is 41.4 Å². The van der Waals surface area contributed by atoms with Crippen LogP contribution in [0.1, 0.15) is 34.1 Å². The van der Waals surface area contributed by atoms with Crippen LogP contribution in [0.3, 0.4) is 0 Å². The van der Waals surface area contributed by atoms with E-state index in [1.54, 1.807) is 6.07 Å². The molecule has 1 saturated heterocycles. The molecule has 8 heteroatoms. The van der Waals surface area contributed by atoms with Crippen molar-refractivity contribution < 1.29 is 18.3 Å². The lowest BCUT2D eigenvalue weighted by molar-refractivity contribution is -0.152. The molecule has 0 spiro atoms. The van der Waals surface area contributed by atoms with Crippen molar-refractivity contribution in [3.63, 3.8) is 0 Å². The highest BCUT2D eigenvalue weighted by Crippen LogP contribution is 2.40. The topological polar surface area (TPSA) is 67.5 Å². The number of hydrogen-bond acceptors (Lipinski definition) is 5. The Labute approximate surface area is 230 Å². The van der Waals surface area contributed by atoms with Gasteiger partial charge in [0.1, 0.15) is 5.82 Å². The molecule has 39 heavy (non-hydrogen) atoms. The number of halogens is 1. The van der Waals surface area contributed by atoms with Gasteiger partial charge in [0.25, 0.3) is 8.32 Å². The molecule has 0 amide bonds. The molecule has 0 bridgehead atoms. The summed E-state index contributed by atoms with van der Waals surface area (Å²) in [6.07, 6.45) is 0.0347. The van der Waals surface area contributed by atoms with E-state index in [9.17, 15) is 9.18 Å². The third-order valence-electron chi connectivity index (χ3n) is 7.71. The van der Waals surface area contributed by atoms with Crippen LogP contribution >= 0.6 is 0 Å². The molecule has 0 radical (unpaired) electrons. The molecule has 1 aliphatic rings. The maximum atomic E-state index is 14.9. The van der Waals surface area contributed by atoms with Crippen LogP contribution in [-0.2, 0) is 14.0 Å². The number of carbonyl (C=O) groups excluding carboxylic acids is 1. The van der Waals surface area contributed by atoms with Crippen molar-refractivity contribution in [2.75, 3.05) is 24.6 Å². The summed E-state index contributed by atoms with van der Waals surface area (Å²) in [5.74, 6) is -0.481. The van der Waals surface area contributed by atoms with Gasteiger partial charge in [-0.2, -0.15) is 5.10 Å². The van der Waals surface area contributed by atoms with E-state index >= 15 is 0 Å². The van der Waals surface area contributed by atoms with Crippen molar-refractivity contribution in [2.45, 2.75) is 45.3 Å². The molecule has 6 nitrogen and oxygen atoms in total. The Kier molecular flexibility index (Phi) is 7.60. The van der Waals surface area contributed by atoms with Gasteiger partial charge in [-0.3, -0.25) is 9.89 Å². The van der Waals surface area contributed by atoms with Gasteiger partial charge in [-0.25, -0.2) is 4.39 Å². The smallest absolute Gasteiger partial charge is 0.311 e. The lowest BCUT2D eigenvalue weighted by Crippen LogP contribution is -2.69. The van der Waals surface area contributed by atoms with Crippen LogP contribution in [-0.4, -0.2) is 50.3 Å². The van der Waals surface area contributed by atoms with Gasteiger partial charge in [0, 0.05) is 13.1 Å². The Morgan fingerprint density at radius 3 is 2.26 bits per heavy atom. The summed E-state index contributed by atoms with van der Waals surface area (Å²) in [7, 11) is -2.96. The fourth-order valence-corrected chi connectivity index (χ4v) is 10.6. The summed E-state index contributed by atoms with van der Waals surface area (Å²) in [6, 6.07) is 25.7. The number of anilines is 1. The SMILES string of the molecule is CCOC(=O)[C@H]1CCN(c2n[nH]c3cccc(F)c23)C[C@@H]1O[Si](c1ccccc1)(c1ccccc1)C(C)(C)C. The van der Waals surface area contributed by atoms with E-state index in [-0.39, 0.29) is 16.8 Å². The van der Waals surface area contributed by atoms with E-state index in [4.69, 9.17) is 9.16 Å². The van der Waals surface area contributed by atoms with Gasteiger partial charge in [0.2, 0.25) is 0 Å². The number of aromatic nitrogens is 2. The lowest BCUT2D eigenvalue weighted by Gasteiger charge is -2.48. The van der Waals surface area contributed by atoms with Crippen molar-refractivity contribution in [1.82, 2.24) is 10.2 Å². The highest BCUT2D eigenvalue weighted by Gasteiger charge is 2.53. The molecule has 1 N–H and O–H groups in total. The molecule has 1 aliphatic heterocycles. The molecule has 0 saturated carbocycles. The van der Waals surface area contributed by atoms with E-state index < -0.39 is 20.3 Å². The molecular formula is C31H36FN3O3Si. The normalized spacial score (nSPS) is 18.3. The molecule has 2 heterocycles. The number of nitrogens with zero attached hydrogens (tertiary/aromatic N) is 2. The standard InChI is InChI=1S/C31H36FN3O3Si/c1-5-37-30(36)24-19-20-35(29-28-25(32)17-12-18-26(28)33-34-29)21-27(24)38-39(31(2,3)4,22-13-8-6-9-14-22)23-15-10-7-11-16-23/h6-18,24,27H,5,19-21H2,1-4H3,(H,33,34)/t24-,27-/m0/s1. The van der Waals surface area contributed by atoms with Crippen molar-refractivity contribution in [1.29, 1.82) is 0 Å². The monoisotopic (exact) mass is 545 g/mol. The van der Waals surface area contributed by atoms with E-state index in [1.807, 2.05) is 54.3 Å². The number of piperidine rings is 1. The molecule has 1 aromatic heterocycles. The zero-order valence-electron chi connectivity index (χ0n) is 23.0. The number of rotatable bonds is 7. The average Bonchev–Trinajstić information content (AvgIpc) is 3.38. The fourth-order valence-electron chi connectivity index (χ4n) is 5.91. The zero-order chi connectivity index (χ0) is 27.6. The second kappa shape index (κ2) is 10.9. The van der Waals surface area contributed by atoms with Crippen LogP contribution in [0.25, 0.3) is 10.9 Å². The summed E-state index contributed by atoms with van der Waals surface area (Å²) in [4.78, 5) is 15.3. The Balaban J connectivity index is 1.62. The minimum atomic E-state index is -2.96. The quantitative estimate of drug-likeness (QED) is 0.260. The first-order valence-corrected chi connectivity index (χ1v) is 15.5. The minimum absolute atomic E-state index is 0.252. The largest absolute Gasteiger partial charge is 0.466 e. The molecular weight excluding hydrogens is 509 g/mol. The summed E-state index contributed by atoms with van der Waals surface area (Å²) in [6.45, 7) is 9.71. The Morgan fingerprint density at radius 1 is 1.03 bits per heavy atom. The number of fused-ring (bicyclic) bond motifs is 1. The Bertz CT molecular complexity index is 1380. The fraction of sp³-hybridized carbons (Fsp3) is 0.355. The summed E-state index contributed by atoms with van der Waals surface area (Å²) >= 11 is 0. The van der Waals surface area contributed by atoms with Gasteiger partial charge in [0.05, 0.1) is 29.5 Å². The summed E-state index contributed by atoms with van der Waals surface area (Å²) in [5.41, 5.74) is 0.641. The predicted octanol–water partition coefficient (Wildman–Crippen LogP) is 5.04. The first-order chi connectivity index (χ1) is 18.8. The lowest BCUT2D eigenvalue weighted by atomic mass is 9.94. The van der Waals surface area contributed by atoms with Crippen molar-refractivity contribution in [2.24, 2.45) is 5.92 Å². The average molecular weight is 546 g/mol. The number of H-pyrrole nitrogens is 1. The molecule has 2 atom stereocenters. The number of ether oxygens (including phenoxy) is 1. The number of hydrogen-bond donors (Lipinski definition) is 1. The van der Waals surface area contributed by atoms with Crippen molar-refractivity contribution in [3.05, 3.63) is 84.7 Å². The van der Waals surface area contributed by atoms with E-state index in [2.05, 4.69) is 55.2 Å². The number of nitrogens with one attached hydrogen (secondary N) is 1. The van der Waals surface area contributed by atoms with E-state index in [1.165, 1.54) is 6.07 Å². The Hall–Kier alpha value is -3.49. The Morgan fingerprint density at radius 2 is 1.67 bits per heavy atom. The second-order valence-electron chi connectivity index (χ2n) is 11.1. The van der Waals surface area contributed by atoms with Crippen LogP contribution in [0.5, 0.6) is 0 Å². The molecule has 0 aliphatic carbocycles. The highest BCUT2D eigenvalue weighted by atomic mass is 28.4. The van der Waals surface area contributed by atoms with Gasteiger partial charge in [-0.15, -0.1) is 0 Å². The minimum Gasteiger partial charge on any atom is -0.466 e. The first-order valence-electron chi connectivity index (χ1n) is 13.6. The summed E-state index contributed by atoms with van der Waals surface area (Å²) in [5, 5.41) is 9.92. The second-order valence-corrected chi connectivity index (χ2v) is 15.4. The van der Waals surface area contributed by atoms with Gasteiger partial charge in [0.15, 0.2) is 5.82 Å². The summed E-state index contributed by atoms with van der Waals surface area (Å²) < 4.78 is 27.9. The van der Waals surface area contributed by atoms with Crippen LogP contribution < -0.4 is 15.3 Å².